The lowest BCUT2D eigenvalue weighted by Gasteiger charge is -2.20. The second-order valence-electron chi connectivity index (χ2n) is 9.64. The largest absolute Gasteiger partial charge is 0.481 e. The van der Waals surface area contributed by atoms with E-state index in [-0.39, 0.29) is 22.5 Å². The molecule has 240 valence electrons. The summed E-state index contributed by atoms with van der Waals surface area (Å²) in [5, 5.41) is 30.3. The van der Waals surface area contributed by atoms with Crippen LogP contribution >= 0.6 is 27.2 Å². The van der Waals surface area contributed by atoms with Crippen molar-refractivity contribution >= 4 is 50.1 Å². The monoisotopic (exact) mass is 682 g/mol. The highest BCUT2D eigenvalue weighted by Crippen LogP contribution is 2.60. The summed E-state index contributed by atoms with van der Waals surface area (Å²) in [6, 6.07) is 2.93. The third-order valence-electron chi connectivity index (χ3n) is 6.70. The molecule has 2 aliphatic rings. The average Bonchev–Trinajstić information content (AvgIpc) is 3.61. The molecule has 2 saturated heterocycles. The molecule has 1 amide bonds. The van der Waals surface area contributed by atoms with Crippen LogP contribution in [0, 0.1) is 0 Å². The zero-order chi connectivity index (χ0) is 32.0. The van der Waals surface area contributed by atoms with E-state index in [9.17, 15) is 39.0 Å². The number of halogens is 1. The summed E-state index contributed by atoms with van der Waals surface area (Å²) in [4.78, 5) is 43.4. The highest BCUT2D eigenvalue weighted by Gasteiger charge is 2.50. The van der Waals surface area contributed by atoms with E-state index in [2.05, 4.69) is 19.3 Å². The second-order valence-corrected chi connectivity index (χ2v) is 13.2. The van der Waals surface area contributed by atoms with Crippen LogP contribution in [-0.4, -0.2) is 99.6 Å². The lowest BCUT2D eigenvalue weighted by molar-refractivity contribution is -0.758. The molecule has 0 aliphatic carbocycles. The molecule has 5 rings (SSSR count). The van der Waals surface area contributed by atoms with Crippen LogP contribution in [0.3, 0.4) is 0 Å². The Morgan fingerprint density at radius 2 is 1.70 bits per heavy atom. The van der Waals surface area contributed by atoms with Gasteiger partial charge in [-0.15, -0.1) is 11.6 Å². The number of nitrogens with two attached hydrogens (primary N) is 2. The van der Waals surface area contributed by atoms with Crippen LogP contribution in [0.4, 0.5) is 5.82 Å². The topological polar surface area (TPSA) is 298 Å². The lowest BCUT2D eigenvalue weighted by atomic mass is 10.1. The third kappa shape index (κ3) is 6.77. The predicted molar refractivity (Wildman–Crippen MR) is 143 cm³/mol. The van der Waals surface area contributed by atoms with Crippen LogP contribution < -0.4 is 16.0 Å². The fourth-order valence-electron chi connectivity index (χ4n) is 4.54. The lowest BCUT2D eigenvalue weighted by Crippen LogP contribution is -2.44. The van der Waals surface area contributed by atoms with Crippen LogP contribution in [-0.2, 0) is 32.0 Å². The molecule has 3 unspecified atom stereocenters. The first-order chi connectivity index (χ1) is 20.7. The number of pyridine rings is 1. The number of rotatable bonds is 11. The number of hydrogen-bond acceptors (Lipinski definition) is 15. The van der Waals surface area contributed by atoms with Gasteiger partial charge in [-0.2, -0.15) is 8.88 Å². The molecule has 20 nitrogen and oxygen atoms in total. The molecule has 0 saturated carbocycles. The molecule has 3 aromatic rings. The first-order valence-electron chi connectivity index (χ1n) is 12.6. The minimum Gasteiger partial charge on any atom is -0.388 e. The molecule has 2 aliphatic heterocycles. The predicted octanol–water partition coefficient (Wildman–Crippen LogP) is -1.77. The van der Waals surface area contributed by atoms with Crippen LogP contribution in [0.5, 0.6) is 0 Å². The number of aliphatic hydroxyl groups is 3. The van der Waals surface area contributed by atoms with Gasteiger partial charge in [0.05, 0.1) is 19.5 Å². The quantitative estimate of drug-likeness (QED) is 0.0668. The number of carbonyl (C=O) groups is 1. The van der Waals surface area contributed by atoms with E-state index in [1.807, 2.05) is 0 Å². The van der Waals surface area contributed by atoms with Crippen LogP contribution in [0.1, 0.15) is 22.8 Å². The van der Waals surface area contributed by atoms with E-state index in [1.165, 1.54) is 40.0 Å². The Labute approximate surface area is 251 Å². The number of fused-ring (bicyclic) bond motifs is 1. The number of phosphoric acid groups is 2. The number of aliphatic hydroxyl groups excluding tert-OH is 3. The Balaban J connectivity index is 1.16. The normalized spacial score (nSPS) is 31.6. The van der Waals surface area contributed by atoms with Crippen molar-refractivity contribution < 1.29 is 66.4 Å². The number of amides is 1. The van der Waals surface area contributed by atoms with Gasteiger partial charge < -0.3 is 46.0 Å². The van der Waals surface area contributed by atoms with Crippen LogP contribution in [0.15, 0.2) is 37.2 Å². The van der Waals surface area contributed by atoms with Crippen molar-refractivity contribution in [1.29, 1.82) is 0 Å². The van der Waals surface area contributed by atoms with Gasteiger partial charge in [-0.3, -0.25) is 18.4 Å². The third-order valence-corrected chi connectivity index (χ3v) is 9.78. The maximum atomic E-state index is 12.4. The highest BCUT2D eigenvalue weighted by molar-refractivity contribution is 7.61. The number of phosphoric ester groups is 2. The van der Waals surface area contributed by atoms with Gasteiger partial charge in [0.25, 0.3) is 12.1 Å². The Morgan fingerprint density at radius 1 is 1.05 bits per heavy atom. The van der Waals surface area contributed by atoms with E-state index in [4.69, 9.17) is 41.6 Å². The summed E-state index contributed by atoms with van der Waals surface area (Å²) in [5.74, 6) is -0.670. The van der Waals surface area contributed by atoms with E-state index >= 15 is 0 Å². The molecule has 9 N–H and O–H groups in total. The SMILES string of the molecule is NC(=O)c1ccc[n+](C2O[C@H](COP(=O)(O)OP(=O)(O)OC[C@@H]3O[C@H](n4cnc5c(N)ncnc54)[C@@H](O)[C@H]3O)[C@@H](O)[C@@H]2Cl)c1. The summed E-state index contributed by atoms with van der Waals surface area (Å²) >= 11 is 6.25. The van der Waals surface area contributed by atoms with E-state index in [0.717, 1.165) is 6.33 Å². The minimum absolute atomic E-state index is 0.0564. The van der Waals surface area contributed by atoms with Crippen molar-refractivity contribution in [3.05, 3.63) is 42.7 Å². The second kappa shape index (κ2) is 12.6. The Kier molecular flexibility index (Phi) is 9.37. The van der Waals surface area contributed by atoms with Gasteiger partial charge in [-0.05, 0) is 6.07 Å². The molecule has 44 heavy (non-hydrogen) atoms. The van der Waals surface area contributed by atoms with Gasteiger partial charge in [0.2, 0.25) is 0 Å². The summed E-state index contributed by atoms with van der Waals surface area (Å²) < 4.78 is 52.4. The average molecular weight is 683 g/mol. The number of nitrogens with zero attached hydrogens (tertiary/aromatic N) is 5. The number of ether oxygens (including phenoxy) is 2. The van der Waals surface area contributed by atoms with Crippen molar-refractivity contribution in [1.82, 2.24) is 19.5 Å². The van der Waals surface area contributed by atoms with Gasteiger partial charge >= 0.3 is 15.6 Å². The maximum absolute atomic E-state index is 12.4. The van der Waals surface area contributed by atoms with E-state index in [0.29, 0.717) is 0 Å². The number of alkyl halides is 1. The highest BCUT2D eigenvalue weighted by atomic mass is 35.5. The Morgan fingerprint density at radius 3 is 2.36 bits per heavy atom. The first kappa shape index (κ1) is 32.7. The number of carbonyl (C=O) groups excluding carboxylic acids is 1. The van der Waals surface area contributed by atoms with Crippen LogP contribution in [0.25, 0.3) is 11.2 Å². The van der Waals surface area contributed by atoms with Crippen molar-refractivity contribution in [3.8, 4) is 0 Å². The molecule has 2 fully saturated rings. The number of nitrogen functional groups attached to an aromatic ring is 1. The molecule has 23 heteroatoms. The molecule has 0 aromatic carbocycles. The van der Waals surface area contributed by atoms with Crippen molar-refractivity contribution in [2.45, 2.75) is 48.4 Å². The summed E-state index contributed by atoms with van der Waals surface area (Å²) in [7, 11) is -10.7. The van der Waals surface area contributed by atoms with Crippen molar-refractivity contribution in [2.75, 3.05) is 18.9 Å². The molecular formula is C21H27ClN7O13P2+. The standard InChI is InChI=1S/C21H26ClN7O13P2/c22-12-14(30)10(40-20(12)28-3-1-2-9(4-28)18(24)33)5-38-43(34,35)42-44(36,37)39-6-11-15(31)16(32)21(41-11)29-8-27-13-17(23)25-7-26-19(13)29/h1-4,7-8,10-12,14-16,20-21,30-32H,5-6H2,(H5-,23,24,25,26,33,34,35,36,37)/p+1/t10-,11+,12+,14-,15+,16+,20?,21+/m1/s1. The molecule has 5 heterocycles. The zero-order valence-electron chi connectivity index (χ0n) is 22.2. The number of hydrogen-bond donors (Lipinski definition) is 7. The smallest absolute Gasteiger partial charge is 0.388 e. The molecular weight excluding hydrogens is 656 g/mol. The molecule has 3 aromatic heterocycles. The van der Waals surface area contributed by atoms with Gasteiger partial charge in [0, 0.05) is 6.07 Å². The summed E-state index contributed by atoms with van der Waals surface area (Å²) in [6.07, 6.45) is -4.52. The van der Waals surface area contributed by atoms with Gasteiger partial charge in [-0.25, -0.2) is 24.1 Å². The van der Waals surface area contributed by atoms with Gasteiger partial charge in [0.1, 0.15) is 47.9 Å². The first-order valence-corrected chi connectivity index (χ1v) is 16.0. The van der Waals surface area contributed by atoms with Gasteiger partial charge in [0.15, 0.2) is 35.5 Å². The number of anilines is 1. The zero-order valence-corrected chi connectivity index (χ0v) is 24.7. The van der Waals surface area contributed by atoms with E-state index in [1.54, 1.807) is 0 Å². The van der Waals surface area contributed by atoms with E-state index < -0.39 is 83.1 Å². The minimum atomic E-state index is -5.35. The fourth-order valence-corrected chi connectivity index (χ4v) is 6.99. The molecule has 0 radical (unpaired) electrons. The number of imidazole rings is 1. The van der Waals surface area contributed by atoms with Crippen molar-refractivity contribution in [3.63, 3.8) is 0 Å². The Bertz CT molecular complexity index is 1630. The number of primary amides is 1. The molecule has 10 atom stereocenters. The Hall–Kier alpha value is -2.68. The summed E-state index contributed by atoms with van der Waals surface area (Å²) in [5.41, 5.74) is 11.5. The fraction of sp³-hybridized carbons (Fsp3) is 0.476. The van der Waals surface area contributed by atoms with Crippen molar-refractivity contribution in [2.24, 2.45) is 5.73 Å². The van der Waals surface area contributed by atoms with Crippen LogP contribution in [0.2, 0.25) is 0 Å². The van der Waals surface area contributed by atoms with Gasteiger partial charge in [-0.1, -0.05) is 0 Å². The number of aromatic nitrogens is 5. The molecule has 0 bridgehead atoms. The maximum Gasteiger partial charge on any atom is 0.481 e. The molecule has 0 spiro atoms. The summed E-state index contributed by atoms with van der Waals surface area (Å²) in [6.45, 7) is -1.70.